The Morgan fingerprint density at radius 2 is 2.00 bits per heavy atom. The molecule has 2 aliphatic carbocycles. The molecule has 1 spiro atoms. The Morgan fingerprint density at radius 3 is 2.69 bits per heavy atom. The standard InChI is InChI=1S/C14H26N2/c1-12-9-13(12)10-16-8-7-15-11-14(16)5-3-2-4-6-14/h12-13,15H,2-11H2,1H3. The van der Waals surface area contributed by atoms with Gasteiger partial charge in [0.15, 0.2) is 0 Å². The highest BCUT2D eigenvalue weighted by Crippen LogP contribution is 2.42. The molecule has 0 bridgehead atoms. The molecule has 0 amide bonds. The summed E-state index contributed by atoms with van der Waals surface area (Å²) in [6, 6.07) is 0. The van der Waals surface area contributed by atoms with Crippen LogP contribution in [-0.4, -0.2) is 36.6 Å². The number of nitrogens with one attached hydrogen (secondary N) is 1. The van der Waals surface area contributed by atoms with Crippen LogP contribution in [0.5, 0.6) is 0 Å². The second kappa shape index (κ2) is 4.30. The van der Waals surface area contributed by atoms with E-state index in [1.165, 1.54) is 64.7 Å². The second-order valence-corrected chi connectivity index (χ2v) is 6.38. The van der Waals surface area contributed by atoms with Gasteiger partial charge in [0, 0.05) is 31.7 Å². The SMILES string of the molecule is CC1CC1CN1CCNCC12CCCCC2. The van der Waals surface area contributed by atoms with E-state index in [4.69, 9.17) is 0 Å². The predicted octanol–water partition coefficient (Wildman–Crippen LogP) is 2.25. The lowest BCUT2D eigenvalue weighted by Crippen LogP contribution is -2.62. The minimum absolute atomic E-state index is 0.554. The molecule has 0 aromatic carbocycles. The van der Waals surface area contributed by atoms with Gasteiger partial charge in [-0.3, -0.25) is 4.90 Å². The zero-order chi connectivity index (χ0) is 11.0. The molecule has 92 valence electrons. The highest BCUT2D eigenvalue weighted by atomic mass is 15.3. The number of rotatable bonds is 2. The van der Waals surface area contributed by atoms with Crippen molar-refractivity contribution in [3.8, 4) is 0 Å². The van der Waals surface area contributed by atoms with Gasteiger partial charge in [-0.1, -0.05) is 26.2 Å². The second-order valence-electron chi connectivity index (χ2n) is 6.38. The molecule has 0 radical (unpaired) electrons. The fourth-order valence-electron chi connectivity index (χ4n) is 3.81. The van der Waals surface area contributed by atoms with Crippen molar-refractivity contribution in [3.05, 3.63) is 0 Å². The van der Waals surface area contributed by atoms with Gasteiger partial charge < -0.3 is 5.32 Å². The minimum Gasteiger partial charge on any atom is -0.314 e. The van der Waals surface area contributed by atoms with Crippen LogP contribution in [0.3, 0.4) is 0 Å². The summed E-state index contributed by atoms with van der Waals surface area (Å²) in [6.45, 7) is 7.57. The monoisotopic (exact) mass is 222 g/mol. The van der Waals surface area contributed by atoms with E-state index in [0.29, 0.717) is 5.54 Å². The Kier molecular flexibility index (Phi) is 2.97. The van der Waals surface area contributed by atoms with E-state index in [2.05, 4.69) is 17.1 Å². The Hall–Kier alpha value is -0.0800. The first-order valence-electron chi connectivity index (χ1n) is 7.26. The van der Waals surface area contributed by atoms with E-state index in [1.807, 2.05) is 0 Å². The molecule has 2 saturated carbocycles. The fourth-order valence-corrected chi connectivity index (χ4v) is 3.81. The lowest BCUT2D eigenvalue weighted by molar-refractivity contribution is 0.0230. The Balaban J connectivity index is 1.67. The van der Waals surface area contributed by atoms with E-state index in [1.54, 1.807) is 0 Å². The van der Waals surface area contributed by atoms with Crippen LogP contribution in [-0.2, 0) is 0 Å². The molecular formula is C14H26N2. The lowest BCUT2D eigenvalue weighted by atomic mass is 9.79. The van der Waals surface area contributed by atoms with Crippen LogP contribution >= 0.6 is 0 Å². The van der Waals surface area contributed by atoms with Crippen molar-refractivity contribution < 1.29 is 0 Å². The molecule has 1 aliphatic heterocycles. The largest absolute Gasteiger partial charge is 0.314 e. The van der Waals surface area contributed by atoms with Gasteiger partial charge in [-0.05, 0) is 31.1 Å². The van der Waals surface area contributed by atoms with E-state index in [-0.39, 0.29) is 0 Å². The average Bonchev–Trinajstić information content (AvgIpc) is 2.99. The van der Waals surface area contributed by atoms with Crippen molar-refractivity contribution in [1.29, 1.82) is 0 Å². The molecule has 3 rings (SSSR count). The maximum Gasteiger partial charge on any atom is 0.0334 e. The maximum absolute atomic E-state index is 3.64. The van der Waals surface area contributed by atoms with E-state index in [0.717, 1.165) is 11.8 Å². The average molecular weight is 222 g/mol. The highest BCUT2D eigenvalue weighted by Gasteiger charge is 2.43. The first kappa shape index (κ1) is 11.0. The van der Waals surface area contributed by atoms with Gasteiger partial charge in [-0.15, -0.1) is 0 Å². The molecule has 1 heterocycles. The summed E-state index contributed by atoms with van der Waals surface area (Å²) in [7, 11) is 0. The molecule has 2 unspecified atom stereocenters. The van der Waals surface area contributed by atoms with Crippen LogP contribution < -0.4 is 5.32 Å². The van der Waals surface area contributed by atoms with Crippen molar-refractivity contribution in [2.24, 2.45) is 11.8 Å². The van der Waals surface area contributed by atoms with Crippen LogP contribution in [0.4, 0.5) is 0 Å². The Bertz CT molecular complexity index is 237. The van der Waals surface area contributed by atoms with Crippen molar-refractivity contribution in [3.63, 3.8) is 0 Å². The molecule has 3 fully saturated rings. The third kappa shape index (κ3) is 2.02. The van der Waals surface area contributed by atoms with Crippen LogP contribution in [0.15, 0.2) is 0 Å². The van der Waals surface area contributed by atoms with Crippen LogP contribution in [0.1, 0.15) is 45.4 Å². The van der Waals surface area contributed by atoms with Crippen LogP contribution in [0.25, 0.3) is 0 Å². The molecule has 2 heteroatoms. The first-order valence-corrected chi connectivity index (χ1v) is 7.26. The summed E-state index contributed by atoms with van der Waals surface area (Å²) >= 11 is 0. The topological polar surface area (TPSA) is 15.3 Å². The summed E-state index contributed by atoms with van der Waals surface area (Å²) in [5, 5.41) is 3.64. The summed E-state index contributed by atoms with van der Waals surface area (Å²) in [4.78, 5) is 2.86. The summed E-state index contributed by atoms with van der Waals surface area (Å²) in [5.74, 6) is 2.03. The van der Waals surface area contributed by atoms with Gasteiger partial charge in [0.2, 0.25) is 0 Å². The predicted molar refractivity (Wildman–Crippen MR) is 67.5 cm³/mol. The number of nitrogens with zero attached hydrogens (tertiary/aromatic N) is 1. The van der Waals surface area contributed by atoms with Crippen LogP contribution in [0.2, 0.25) is 0 Å². The van der Waals surface area contributed by atoms with Gasteiger partial charge >= 0.3 is 0 Å². The van der Waals surface area contributed by atoms with Crippen molar-refractivity contribution in [1.82, 2.24) is 10.2 Å². The molecule has 16 heavy (non-hydrogen) atoms. The van der Waals surface area contributed by atoms with Gasteiger partial charge in [-0.2, -0.15) is 0 Å². The molecule has 0 aromatic rings. The third-order valence-corrected chi connectivity index (χ3v) is 5.20. The normalized spacial score (nSPS) is 38.8. The highest BCUT2D eigenvalue weighted by molar-refractivity contribution is 5.00. The Morgan fingerprint density at radius 1 is 1.25 bits per heavy atom. The Labute approximate surface area is 99.8 Å². The third-order valence-electron chi connectivity index (χ3n) is 5.20. The van der Waals surface area contributed by atoms with E-state index < -0.39 is 0 Å². The number of hydrogen-bond donors (Lipinski definition) is 1. The molecule has 2 atom stereocenters. The first-order chi connectivity index (χ1) is 7.80. The van der Waals surface area contributed by atoms with Crippen molar-refractivity contribution in [2.45, 2.75) is 51.0 Å². The molecular weight excluding hydrogens is 196 g/mol. The molecule has 1 N–H and O–H groups in total. The van der Waals surface area contributed by atoms with Gasteiger partial charge in [0.25, 0.3) is 0 Å². The summed E-state index contributed by atoms with van der Waals surface area (Å²) in [6.07, 6.45) is 8.76. The van der Waals surface area contributed by atoms with Crippen molar-refractivity contribution >= 4 is 0 Å². The summed E-state index contributed by atoms with van der Waals surface area (Å²) in [5.41, 5.74) is 0.554. The zero-order valence-corrected chi connectivity index (χ0v) is 10.7. The maximum atomic E-state index is 3.64. The van der Waals surface area contributed by atoms with Crippen molar-refractivity contribution in [2.75, 3.05) is 26.2 Å². The number of hydrogen-bond acceptors (Lipinski definition) is 2. The lowest BCUT2D eigenvalue weighted by Gasteiger charge is -2.50. The van der Waals surface area contributed by atoms with Gasteiger partial charge in [-0.25, -0.2) is 0 Å². The van der Waals surface area contributed by atoms with Crippen LogP contribution in [0, 0.1) is 11.8 Å². The quantitative estimate of drug-likeness (QED) is 0.771. The molecule has 2 nitrogen and oxygen atoms in total. The zero-order valence-electron chi connectivity index (χ0n) is 10.7. The molecule has 0 aromatic heterocycles. The number of piperazine rings is 1. The smallest absolute Gasteiger partial charge is 0.0334 e. The summed E-state index contributed by atoms with van der Waals surface area (Å²) < 4.78 is 0. The molecule has 1 saturated heterocycles. The fraction of sp³-hybridized carbons (Fsp3) is 1.00. The molecule has 3 aliphatic rings. The minimum atomic E-state index is 0.554. The van der Waals surface area contributed by atoms with Gasteiger partial charge in [0.1, 0.15) is 0 Å². The van der Waals surface area contributed by atoms with E-state index >= 15 is 0 Å². The van der Waals surface area contributed by atoms with Gasteiger partial charge in [0.05, 0.1) is 0 Å². The van der Waals surface area contributed by atoms with E-state index in [9.17, 15) is 0 Å².